The maximum atomic E-state index is 12.4. The van der Waals surface area contributed by atoms with Crippen LogP contribution in [-0.4, -0.2) is 24.3 Å². The molecule has 2 amide bonds. The first-order valence-corrected chi connectivity index (χ1v) is 8.63. The maximum Gasteiger partial charge on any atom is 0.469 e. The van der Waals surface area contributed by atoms with E-state index in [1.165, 1.54) is 12.1 Å². The second-order valence-electron chi connectivity index (χ2n) is 6.05. The van der Waals surface area contributed by atoms with Crippen molar-refractivity contribution in [2.45, 2.75) is 13.3 Å². The predicted molar refractivity (Wildman–Crippen MR) is 103 cm³/mol. The van der Waals surface area contributed by atoms with Crippen LogP contribution in [0.4, 0.5) is 16.4 Å². The van der Waals surface area contributed by atoms with Crippen molar-refractivity contribution in [2.24, 2.45) is 5.73 Å². The molecular weight excluding hydrogens is 364 g/mol. The number of rotatable bonds is 6. The Morgan fingerprint density at radius 2 is 1.93 bits per heavy atom. The fourth-order valence-electron chi connectivity index (χ4n) is 2.56. The average molecular weight is 384 g/mol. The molecule has 10 nitrogen and oxygen atoms in total. The molecule has 2 aromatic carbocycles. The Hall–Kier alpha value is -3.66. The second-order valence-corrected chi connectivity index (χ2v) is 6.05. The Bertz CT molecular complexity index is 1010. The molecular formula is C18H20N6O4. The zero-order valence-electron chi connectivity index (χ0n) is 15.2. The molecule has 0 atom stereocenters. The average Bonchev–Trinajstić information content (AvgIpc) is 2.68. The van der Waals surface area contributed by atoms with E-state index in [4.69, 9.17) is 10.5 Å². The highest BCUT2D eigenvalue weighted by Crippen LogP contribution is 2.26. The summed E-state index contributed by atoms with van der Waals surface area (Å²) in [5, 5.41) is 32.9. The molecule has 3 aromatic rings. The van der Waals surface area contributed by atoms with Crippen LogP contribution in [0.5, 0.6) is 5.75 Å². The molecule has 0 unspecified atom stereocenters. The first-order chi connectivity index (χ1) is 13.5. The zero-order chi connectivity index (χ0) is 20.1. The molecule has 0 saturated carbocycles. The molecule has 28 heavy (non-hydrogen) atoms. The number of carbonyl (C=O) groups is 1. The van der Waals surface area contributed by atoms with Crippen LogP contribution in [0, 0.1) is 17.3 Å². The summed E-state index contributed by atoms with van der Waals surface area (Å²) >= 11 is 0. The van der Waals surface area contributed by atoms with Crippen LogP contribution >= 0.6 is 0 Å². The van der Waals surface area contributed by atoms with Gasteiger partial charge < -0.3 is 20.9 Å². The Balaban J connectivity index is 1.80. The van der Waals surface area contributed by atoms with Crippen LogP contribution in [0.3, 0.4) is 0 Å². The normalized spacial score (nSPS) is 10.6. The molecule has 0 fully saturated rings. The van der Waals surface area contributed by atoms with Crippen LogP contribution < -0.4 is 30.7 Å². The van der Waals surface area contributed by atoms with Crippen molar-refractivity contribution in [1.82, 2.24) is 5.10 Å². The largest absolute Gasteiger partial charge is 0.739 e. The molecule has 1 heterocycles. The molecule has 0 aliphatic heterocycles. The fourth-order valence-corrected chi connectivity index (χ4v) is 2.56. The van der Waals surface area contributed by atoms with Gasteiger partial charge in [-0.3, -0.25) is 5.32 Å². The molecule has 10 heteroatoms. The number of urea groups is 1. The number of hydrogen-bond acceptors (Lipinski definition) is 6. The number of nitrogens with zero attached hydrogens (tertiary/aromatic N) is 3. The molecule has 0 radical (unpaired) electrons. The summed E-state index contributed by atoms with van der Waals surface area (Å²) in [4.78, 5) is 12.7. The van der Waals surface area contributed by atoms with Crippen molar-refractivity contribution in [2.75, 3.05) is 23.8 Å². The van der Waals surface area contributed by atoms with Gasteiger partial charge in [-0.2, -0.15) is 5.32 Å². The minimum absolute atomic E-state index is 0.0872. The van der Waals surface area contributed by atoms with Crippen molar-refractivity contribution in [1.29, 1.82) is 0 Å². The number of amides is 2. The van der Waals surface area contributed by atoms with Crippen LogP contribution in [0.25, 0.3) is 11.0 Å². The zero-order valence-corrected chi connectivity index (χ0v) is 15.2. The summed E-state index contributed by atoms with van der Waals surface area (Å²) in [5.41, 5.74) is 6.97. The lowest BCUT2D eigenvalue weighted by Crippen LogP contribution is -2.45. The smallest absolute Gasteiger partial charge is 0.469 e. The van der Waals surface area contributed by atoms with Crippen molar-refractivity contribution in [3.8, 4) is 5.75 Å². The van der Waals surface area contributed by atoms with Crippen LogP contribution in [0.2, 0.25) is 0 Å². The van der Waals surface area contributed by atoms with E-state index in [9.17, 15) is 15.2 Å². The second kappa shape index (κ2) is 8.35. The molecule has 0 bridgehead atoms. The molecule has 0 spiro atoms. The monoisotopic (exact) mass is 384 g/mol. The highest BCUT2D eigenvalue weighted by atomic mass is 16.5. The predicted octanol–water partition coefficient (Wildman–Crippen LogP) is 1.18. The number of aromatic nitrogens is 3. The van der Waals surface area contributed by atoms with Gasteiger partial charge in [-0.1, -0.05) is 18.2 Å². The lowest BCUT2D eigenvalue weighted by atomic mass is 10.2. The van der Waals surface area contributed by atoms with Gasteiger partial charge >= 0.3 is 12.0 Å². The Labute approximate surface area is 160 Å². The summed E-state index contributed by atoms with van der Waals surface area (Å²) in [6.45, 7) is 2.75. The summed E-state index contributed by atoms with van der Waals surface area (Å²) in [5.74, 6) is 0.0269. The summed E-state index contributed by atoms with van der Waals surface area (Å²) in [7, 11) is 0. The van der Waals surface area contributed by atoms with E-state index in [1.807, 2.05) is 13.0 Å². The first kappa shape index (κ1) is 19.1. The molecule has 0 aliphatic carbocycles. The third-order valence-corrected chi connectivity index (χ3v) is 3.90. The van der Waals surface area contributed by atoms with Crippen molar-refractivity contribution in [3.05, 3.63) is 58.4 Å². The lowest BCUT2D eigenvalue weighted by molar-refractivity contribution is -0.672. The number of benzene rings is 2. The first-order valence-electron chi connectivity index (χ1n) is 8.63. The summed E-state index contributed by atoms with van der Waals surface area (Å²) in [6, 6.07) is 10.7. The third-order valence-electron chi connectivity index (χ3n) is 3.90. The van der Waals surface area contributed by atoms with Gasteiger partial charge in [0, 0.05) is 10.9 Å². The van der Waals surface area contributed by atoms with Gasteiger partial charge in [0.2, 0.25) is 5.10 Å². The number of nitrogens with one attached hydrogen (secondary N) is 2. The topological polar surface area (TPSA) is 143 Å². The number of anilines is 2. The molecule has 3 rings (SSSR count). The van der Waals surface area contributed by atoms with Gasteiger partial charge in [0.25, 0.3) is 5.52 Å². The quantitative estimate of drug-likeness (QED) is 0.331. The minimum Gasteiger partial charge on any atom is -0.739 e. The van der Waals surface area contributed by atoms with Crippen molar-refractivity contribution < 1.29 is 19.1 Å². The Morgan fingerprint density at radius 1 is 1.18 bits per heavy atom. The molecule has 1 aromatic heterocycles. The van der Waals surface area contributed by atoms with E-state index in [0.29, 0.717) is 35.7 Å². The Kier molecular flexibility index (Phi) is 5.70. The minimum atomic E-state index is -0.735. The molecule has 0 saturated heterocycles. The van der Waals surface area contributed by atoms with E-state index in [0.717, 1.165) is 5.56 Å². The van der Waals surface area contributed by atoms with Gasteiger partial charge in [-0.15, -0.1) is 0 Å². The number of aryl methyl sites for hydroxylation is 1. The van der Waals surface area contributed by atoms with Crippen molar-refractivity contribution >= 4 is 28.7 Å². The standard InChI is InChI=1S/C18H20N6O4/c1-12-7-8-16(28-10-4-9-19)13(11-12)20-18(25)21-17-22-24(27)15-6-3-2-5-14(15)23(17)26/h2-3,5-8,11H,4,9-10,19H2,1H3,(H2,20,21,22,25). The van der Waals surface area contributed by atoms with Gasteiger partial charge in [0.05, 0.1) is 12.3 Å². The van der Waals surface area contributed by atoms with Gasteiger partial charge in [-0.25, -0.2) is 9.52 Å². The van der Waals surface area contributed by atoms with Crippen LogP contribution in [-0.2, 0) is 0 Å². The van der Waals surface area contributed by atoms with Crippen LogP contribution in [0.15, 0.2) is 42.5 Å². The van der Waals surface area contributed by atoms with Gasteiger partial charge in [-0.05, 0) is 43.7 Å². The number of carbonyl (C=O) groups excluding carboxylic acids is 1. The van der Waals surface area contributed by atoms with E-state index in [1.54, 1.807) is 24.3 Å². The number of ether oxygens (including phenoxy) is 1. The molecule has 146 valence electrons. The highest BCUT2D eigenvalue weighted by Gasteiger charge is 2.23. The molecule has 4 N–H and O–H groups in total. The van der Waals surface area contributed by atoms with E-state index < -0.39 is 12.0 Å². The number of nitrogens with two attached hydrogens (primary N) is 1. The summed E-state index contributed by atoms with van der Waals surface area (Å²) in [6.07, 6.45) is 0.667. The van der Waals surface area contributed by atoms with E-state index in [-0.39, 0.29) is 15.9 Å². The fraction of sp³-hybridized carbons (Fsp3) is 0.222. The summed E-state index contributed by atoms with van der Waals surface area (Å²) < 4.78 is 6.01. The number of hydrogen-bond donors (Lipinski definition) is 3. The van der Waals surface area contributed by atoms with Crippen molar-refractivity contribution in [3.63, 3.8) is 0 Å². The third kappa shape index (κ3) is 4.18. The Morgan fingerprint density at radius 3 is 2.68 bits per heavy atom. The van der Waals surface area contributed by atoms with Gasteiger partial charge in [0.1, 0.15) is 5.75 Å². The number of fused-ring (bicyclic) bond motifs is 1. The van der Waals surface area contributed by atoms with E-state index in [2.05, 4.69) is 15.7 Å². The van der Waals surface area contributed by atoms with Gasteiger partial charge in [0.15, 0.2) is 5.52 Å². The van der Waals surface area contributed by atoms with E-state index >= 15 is 0 Å². The van der Waals surface area contributed by atoms with Crippen LogP contribution in [0.1, 0.15) is 12.0 Å². The highest BCUT2D eigenvalue weighted by molar-refractivity contribution is 5.99. The maximum absolute atomic E-state index is 12.4. The lowest BCUT2D eigenvalue weighted by Gasteiger charge is -2.13. The number of para-hydroxylation sites is 2. The SMILES string of the molecule is Cc1ccc(OCCCN)c(NC(=O)Nc2n[n+]([O-])c3ccccc3[n+]2[O-])c1. The molecule has 0 aliphatic rings.